The zero-order chi connectivity index (χ0) is 18.1. The van der Waals surface area contributed by atoms with Gasteiger partial charge in [-0.3, -0.25) is 0 Å². The average molecular weight is 358 g/mol. The molecule has 2 unspecified atom stereocenters. The number of aliphatic imine (C=N–C) groups is 1. The molecule has 0 aliphatic carbocycles. The molecule has 0 aromatic heterocycles. The Morgan fingerprint density at radius 3 is 2.68 bits per heavy atom. The van der Waals surface area contributed by atoms with Crippen LogP contribution in [0.2, 0.25) is 0 Å². The molecule has 7 heteroatoms. The third kappa shape index (κ3) is 6.10. The Labute approximate surface area is 150 Å². The van der Waals surface area contributed by atoms with Gasteiger partial charge in [-0.2, -0.15) is 4.99 Å². The van der Waals surface area contributed by atoms with E-state index in [0.29, 0.717) is 11.3 Å². The summed E-state index contributed by atoms with van der Waals surface area (Å²) in [6.45, 7) is -0.0294. The maximum atomic E-state index is 11.7. The second-order valence-electron chi connectivity index (χ2n) is 5.25. The van der Waals surface area contributed by atoms with Crippen LogP contribution in [0.25, 0.3) is 0 Å². The van der Waals surface area contributed by atoms with Gasteiger partial charge in [-0.25, -0.2) is 4.79 Å². The number of thiocarbonyl (C=S) groups is 1. The van der Waals surface area contributed by atoms with E-state index in [1.165, 1.54) is 0 Å². The van der Waals surface area contributed by atoms with Crippen LogP contribution in [0, 0.1) is 0 Å². The molecular weight excluding hydrogens is 340 g/mol. The summed E-state index contributed by atoms with van der Waals surface area (Å²) in [7, 11) is 0. The average Bonchev–Trinajstić information content (AvgIpc) is 2.65. The third-order valence-electron chi connectivity index (χ3n) is 3.42. The van der Waals surface area contributed by atoms with Crippen LogP contribution in [0.15, 0.2) is 59.6 Å². The number of aliphatic hydroxyl groups excluding tert-OH is 2. The van der Waals surface area contributed by atoms with Crippen molar-refractivity contribution in [3.05, 3.63) is 65.7 Å². The summed E-state index contributed by atoms with van der Waals surface area (Å²) in [5.41, 5.74) is 1.83. The van der Waals surface area contributed by atoms with E-state index in [4.69, 9.17) is 4.74 Å². The lowest BCUT2D eigenvalue weighted by molar-refractivity contribution is 0.0184. The largest absolute Gasteiger partial charge is 0.445 e. The van der Waals surface area contributed by atoms with Gasteiger partial charge in [-0.1, -0.05) is 42.5 Å². The smallest absolute Gasteiger partial charge is 0.407 e. The lowest BCUT2D eigenvalue weighted by Gasteiger charge is -2.18. The van der Waals surface area contributed by atoms with Gasteiger partial charge in [0, 0.05) is 6.54 Å². The van der Waals surface area contributed by atoms with E-state index < -0.39 is 18.3 Å². The molecule has 130 valence electrons. The van der Waals surface area contributed by atoms with Gasteiger partial charge < -0.3 is 20.3 Å². The number of rotatable bonds is 7. The summed E-state index contributed by atoms with van der Waals surface area (Å²) in [4.78, 5) is 15.5. The van der Waals surface area contributed by atoms with Crippen molar-refractivity contribution in [2.75, 3.05) is 6.54 Å². The highest BCUT2D eigenvalue weighted by atomic mass is 32.1. The van der Waals surface area contributed by atoms with Crippen LogP contribution in [0.5, 0.6) is 0 Å². The molecule has 0 bridgehead atoms. The first-order valence-electron chi connectivity index (χ1n) is 7.58. The number of isothiocyanates is 1. The predicted molar refractivity (Wildman–Crippen MR) is 96.7 cm³/mol. The van der Waals surface area contributed by atoms with Gasteiger partial charge in [-0.05, 0) is 35.5 Å². The Hall–Kier alpha value is -2.57. The molecule has 2 aromatic rings. The van der Waals surface area contributed by atoms with Crippen molar-refractivity contribution in [2.45, 2.75) is 18.8 Å². The normalized spacial score (nSPS) is 12.6. The van der Waals surface area contributed by atoms with Crippen molar-refractivity contribution in [3.8, 4) is 0 Å². The molecule has 2 aromatic carbocycles. The number of hydrogen-bond donors (Lipinski definition) is 3. The minimum Gasteiger partial charge on any atom is -0.445 e. The molecule has 0 aliphatic heterocycles. The molecule has 0 aliphatic rings. The summed E-state index contributed by atoms with van der Waals surface area (Å²) in [6, 6.07) is 15.8. The second-order valence-corrected chi connectivity index (χ2v) is 5.44. The number of amides is 1. The number of nitrogens with zero attached hydrogens (tertiary/aromatic N) is 1. The van der Waals surface area contributed by atoms with E-state index in [0.717, 1.165) is 5.56 Å². The zero-order valence-electron chi connectivity index (χ0n) is 13.3. The Balaban J connectivity index is 1.82. The van der Waals surface area contributed by atoms with Gasteiger partial charge >= 0.3 is 6.09 Å². The van der Waals surface area contributed by atoms with Gasteiger partial charge in [0.2, 0.25) is 0 Å². The Kier molecular flexibility index (Phi) is 7.25. The maximum Gasteiger partial charge on any atom is 0.407 e. The number of hydrogen-bond acceptors (Lipinski definition) is 6. The summed E-state index contributed by atoms with van der Waals surface area (Å²) in [5.74, 6) is 0. The summed E-state index contributed by atoms with van der Waals surface area (Å²) in [6.07, 6.45) is -3.06. The van der Waals surface area contributed by atoms with Gasteiger partial charge in [0.25, 0.3) is 0 Å². The van der Waals surface area contributed by atoms with Crippen molar-refractivity contribution >= 4 is 29.2 Å². The molecule has 0 heterocycles. The first-order valence-corrected chi connectivity index (χ1v) is 7.99. The topological polar surface area (TPSA) is 91.2 Å². The van der Waals surface area contributed by atoms with Gasteiger partial charge in [-0.15, -0.1) is 0 Å². The summed E-state index contributed by atoms with van der Waals surface area (Å²) >= 11 is 4.53. The predicted octanol–water partition coefficient (Wildman–Crippen LogP) is 2.74. The monoisotopic (exact) mass is 358 g/mol. The van der Waals surface area contributed by atoms with Crippen LogP contribution >= 0.6 is 12.2 Å². The first-order chi connectivity index (χ1) is 12.1. The van der Waals surface area contributed by atoms with Crippen LogP contribution in [-0.2, 0) is 11.3 Å². The van der Waals surface area contributed by atoms with E-state index in [2.05, 4.69) is 27.7 Å². The van der Waals surface area contributed by atoms with Gasteiger partial charge in [0.15, 0.2) is 0 Å². The molecule has 0 spiro atoms. The summed E-state index contributed by atoms with van der Waals surface area (Å²) < 4.78 is 5.04. The molecule has 6 nitrogen and oxygen atoms in total. The second kappa shape index (κ2) is 9.66. The molecule has 3 N–H and O–H groups in total. The fourth-order valence-corrected chi connectivity index (χ4v) is 2.23. The van der Waals surface area contributed by atoms with Crippen molar-refractivity contribution < 1.29 is 19.7 Å². The molecule has 0 radical (unpaired) electrons. The number of alkyl carbamates (subject to hydrolysis) is 1. The van der Waals surface area contributed by atoms with E-state index in [1.54, 1.807) is 24.3 Å². The molecule has 25 heavy (non-hydrogen) atoms. The lowest BCUT2D eigenvalue weighted by atomic mass is 10.0. The number of nitrogens with one attached hydrogen (secondary N) is 1. The fraction of sp³-hybridized carbons (Fsp3) is 0.222. The van der Waals surface area contributed by atoms with Crippen LogP contribution < -0.4 is 5.32 Å². The number of ether oxygens (including phenoxy) is 1. The minimum absolute atomic E-state index is 0.128. The third-order valence-corrected chi connectivity index (χ3v) is 3.51. The zero-order valence-corrected chi connectivity index (χ0v) is 14.1. The summed E-state index contributed by atoms with van der Waals surface area (Å²) in [5, 5.41) is 24.9. The molecule has 2 rings (SSSR count). The molecule has 0 saturated heterocycles. The number of carbonyl (C=O) groups is 1. The van der Waals surface area contributed by atoms with Gasteiger partial charge in [0.05, 0.1) is 10.8 Å². The molecule has 0 saturated carbocycles. The van der Waals surface area contributed by atoms with Crippen molar-refractivity contribution in [2.24, 2.45) is 4.99 Å². The van der Waals surface area contributed by atoms with Crippen LogP contribution in [0.1, 0.15) is 17.2 Å². The quantitative estimate of drug-likeness (QED) is 0.523. The lowest BCUT2D eigenvalue weighted by Crippen LogP contribution is -2.35. The van der Waals surface area contributed by atoms with Gasteiger partial charge in [0.1, 0.15) is 18.8 Å². The SMILES string of the molecule is O=C(NCC(O)C(O)c1cccc(N=C=S)c1)OCc1ccccc1. The highest BCUT2D eigenvalue weighted by molar-refractivity contribution is 7.78. The van der Waals surface area contributed by atoms with E-state index in [-0.39, 0.29) is 13.2 Å². The van der Waals surface area contributed by atoms with Crippen LogP contribution in [0.3, 0.4) is 0 Å². The number of benzene rings is 2. The van der Waals surface area contributed by atoms with Crippen molar-refractivity contribution in [1.29, 1.82) is 0 Å². The van der Waals surface area contributed by atoms with E-state index in [1.807, 2.05) is 30.3 Å². The van der Waals surface area contributed by atoms with Crippen LogP contribution in [-0.4, -0.2) is 34.1 Å². The van der Waals surface area contributed by atoms with E-state index in [9.17, 15) is 15.0 Å². The molecular formula is C18H18N2O4S. The maximum absolute atomic E-state index is 11.7. The van der Waals surface area contributed by atoms with E-state index >= 15 is 0 Å². The number of aliphatic hydroxyl groups is 2. The van der Waals surface area contributed by atoms with Crippen molar-refractivity contribution in [1.82, 2.24) is 5.32 Å². The molecule has 2 atom stereocenters. The van der Waals surface area contributed by atoms with Crippen LogP contribution in [0.4, 0.5) is 10.5 Å². The minimum atomic E-state index is -1.20. The fourth-order valence-electron chi connectivity index (χ4n) is 2.13. The highest BCUT2D eigenvalue weighted by Crippen LogP contribution is 2.21. The Morgan fingerprint density at radius 2 is 1.96 bits per heavy atom. The first kappa shape index (κ1) is 18.8. The standard InChI is InChI=1S/C18H18N2O4S/c21-16(17(22)14-7-4-8-15(9-14)20-12-25)10-19-18(23)24-11-13-5-2-1-3-6-13/h1-9,16-17,21-22H,10-11H2,(H,19,23). The highest BCUT2D eigenvalue weighted by Gasteiger charge is 2.19. The van der Waals surface area contributed by atoms with Crippen molar-refractivity contribution in [3.63, 3.8) is 0 Å². The Morgan fingerprint density at radius 1 is 1.20 bits per heavy atom. The molecule has 0 fully saturated rings. The molecule has 1 amide bonds. The number of carbonyl (C=O) groups excluding carboxylic acids is 1. The Bertz CT molecular complexity index is 748.